The Bertz CT molecular complexity index is 448. The molecule has 0 spiro atoms. The molecule has 1 heterocycles. The first kappa shape index (κ1) is 8.74. The lowest BCUT2D eigenvalue weighted by atomic mass is 10.3. The topological polar surface area (TPSA) is 38.0 Å². The van der Waals surface area contributed by atoms with Gasteiger partial charge in [0.25, 0.3) is 0 Å². The van der Waals surface area contributed by atoms with Gasteiger partial charge in [-0.3, -0.25) is 0 Å². The highest BCUT2D eigenvalue weighted by Crippen LogP contribution is 2.17. The smallest absolute Gasteiger partial charge is 0.214 e. The minimum absolute atomic E-state index is 0.0501. The standard InChI is InChI=1S/C10H9FN2O/c1-7-6-10(14)13(12-7)9-4-2-8(11)3-5-9/h2-6,14H,1H3. The molecule has 0 atom stereocenters. The Labute approximate surface area is 80.4 Å². The van der Waals surface area contributed by atoms with Gasteiger partial charge in [-0.05, 0) is 31.2 Å². The number of aromatic nitrogens is 2. The third-order valence-corrected chi connectivity index (χ3v) is 1.88. The average molecular weight is 192 g/mol. The molecule has 2 rings (SSSR count). The predicted octanol–water partition coefficient (Wildman–Crippen LogP) is 2.03. The normalized spacial score (nSPS) is 10.4. The van der Waals surface area contributed by atoms with Gasteiger partial charge in [0.1, 0.15) is 5.82 Å². The Morgan fingerprint density at radius 3 is 2.43 bits per heavy atom. The van der Waals surface area contributed by atoms with Gasteiger partial charge >= 0.3 is 0 Å². The van der Waals surface area contributed by atoms with Crippen molar-refractivity contribution in [2.24, 2.45) is 0 Å². The Morgan fingerprint density at radius 1 is 1.29 bits per heavy atom. The van der Waals surface area contributed by atoms with Gasteiger partial charge in [0.15, 0.2) is 0 Å². The molecule has 0 saturated heterocycles. The van der Waals surface area contributed by atoms with Crippen LogP contribution < -0.4 is 0 Å². The van der Waals surface area contributed by atoms with Crippen LogP contribution in [0, 0.1) is 12.7 Å². The van der Waals surface area contributed by atoms with Crippen LogP contribution in [0.15, 0.2) is 30.3 Å². The van der Waals surface area contributed by atoms with Crippen LogP contribution >= 0.6 is 0 Å². The van der Waals surface area contributed by atoms with Crippen LogP contribution in [0.4, 0.5) is 4.39 Å². The summed E-state index contributed by atoms with van der Waals surface area (Å²) in [5, 5.41) is 13.5. The van der Waals surface area contributed by atoms with Gasteiger partial charge in [0.05, 0.1) is 11.4 Å². The van der Waals surface area contributed by atoms with Crippen molar-refractivity contribution in [2.45, 2.75) is 6.92 Å². The van der Waals surface area contributed by atoms with Gasteiger partial charge in [0.2, 0.25) is 5.88 Å². The average Bonchev–Trinajstić information content (AvgIpc) is 2.47. The summed E-state index contributed by atoms with van der Waals surface area (Å²) in [4.78, 5) is 0. The molecule has 14 heavy (non-hydrogen) atoms. The number of rotatable bonds is 1. The largest absolute Gasteiger partial charge is 0.493 e. The van der Waals surface area contributed by atoms with E-state index in [4.69, 9.17) is 0 Å². The molecular weight excluding hydrogens is 183 g/mol. The van der Waals surface area contributed by atoms with Crippen molar-refractivity contribution in [1.82, 2.24) is 9.78 Å². The van der Waals surface area contributed by atoms with Crippen LogP contribution in [-0.2, 0) is 0 Å². The summed E-state index contributed by atoms with van der Waals surface area (Å²) in [5.74, 6) is -0.258. The van der Waals surface area contributed by atoms with Gasteiger partial charge in [-0.15, -0.1) is 0 Å². The fourth-order valence-electron chi connectivity index (χ4n) is 1.26. The summed E-state index contributed by atoms with van der Waals surface area (Å²) >= 11 is 0. The molecule has 1 aromatic carbocycles. The number of aryl methyl sites for hydroxylation is 1. The monoisotopic (exact) mass is 192 g/mol. The minimum Gasteiger partial charge on any atom is -0.493 e. The summed E-state index contributed by atoms with van der Waals surface area (Å²) in [5.41, 5.74) is 1.35. The number of hydrogen-bond donors (Lipinski definition) is 1. The SMILES string of the molecule is Cc1cc(O)n(-c2ccc(F)cc2)n1. The van der Waals surface area contributed by atoms with E-state index in [1.807, 2.05) is 0 Å². The molecular formula is C10H9FN2O. The molecule has 2 aromatic rings. The van der Waals surface area contributed by atoms with E-state index in [2.05, 4.69) is 5.10 Å². The van der Waals surface area contributed by atoms with Crippen LogP contribution in [0.25, 0.3) is 5.69 Å². The van der Waals surface area contributed by atoms with Gasteiger partial charge in [-0.2, -0.15) is 5.10 Å². The third kappa shape index (κ3) is 1.46. The molecule has 0 aliphatic carbocycles. The second-order valence-electron chi connectivity index (χ2n) is 3.03. The van der Waals surface area contributed by atoms with Crippen molar-refractivity contribution in [3.8, 4) is 11.6 Å². The number of aromatic hydroxyl groups is 1. The predicted molar refractivity (Wildman–Crippen MR) is 49.9 cm³/mol. The number of hydrogen-bond acceptors (Lipinski definition) is 2. The van der Waals surface area contributed by atoms with Crippen LogP contribution in [0.3, 0.4) is 0 Å². The summed E-state index contributed by atoms with van der Waals surface area (Å²) in [6.45, 7) is 1.78. The molecule has 0 aliphatic rings. The van der Waals surface area contributed by atoms with Gasteiger partial charge < -0.3 is 5.11 Å². The molecule has 1 aromatic heterocycles. The van der Waals surface area contributed by atoms with Crippen LogP contribution in [0.1, 0.15) is 5.69 Å². The van der Waals surface area contributed by atoms with Crippen molar-refractivity contribution in [1.29, 1.82) is 0 Å². The Kier molecular flexibility index (Phi) is 1.96. The zero-order chi connectivity index (χ0) is 10.1. The quantitative estimate of drug-likeness (QED) is 0.750. The molecule has 4 heteroatoms. The maximum Gasteiger partial charge on any atom is 0.214 e. The van der Waals surface area contributed by atoms with E-state index >= 15 is 0 Å². The van der Waals surface area contributed by atoms with Gasteiger partial charge in [-0.1, -0.05) is 0 Å². The highest BCUT2D eigenvalue weighted by atomic mass is 19.1. The highest BCUT2D eigenvalue weighted by molar-refractivity contribution is 5.35. The molecule has 0 aliphatic heterocycles. The zero-order valence-corrected chi connectivity index (χ0v) is 7.61. The molecule has 3 nitrogen and oxygen atoms in total. The maximum absolute atomic E-state index is 12.6. The fourth-order valence-corrected chi connectivity index (χ4v) is 1.26. The molecule has 0 radical (unpaired) electrons. The fraction of sp³-hybridized carbons (Fsp3) is 0.100. The maximum atomic E-state index is 12.6. The summed E-state index contributed by atoms with van der Waals surface area (Å²) in [6.07, 6.45) is 0. The summed E-state index contributed by atoms with van der Waals surface area (Å²) < 4.78 is 14.0. The highest BCUT2D eigenvalue weighted by Gasteiger charge is 2.05. The first-order valence-corrected chi connectivity index (χ1v) is 4.18. The van der Waals surface area contributed by atoms with E-state index in [0.717, 1.165) is 0 Å². The van der Waals surface area contributed by atoms with Crippen LogP contribution in [0.2, 0.25) is 0 Å². The van der Waals surface area contributed by atoms with Crippen molar-refractivity contribution in [2.75, 3.05) is 0 Å². The van der Waals surface area contributed by atoms with Crippen molar-refractivity contribution >= 4 is 0 Å². The van der Waals surface area contributed by atoms with E-state index in [9.17, 15) is 9.50 Å². The summed E-state index contributed by atoms with van der Waals surface area (Å²) in [6, 6.07) is 7.31. The second kappa shape index (κ2) is 3.14. The first-order chi connectivity index (χ1) is 6.66. The van der Waals surface area contributed by atoms with E-state index < -0.39 is 0 Å². The molecule has 0 unspecified atom stereocenters. The van der Waals surface area contributed by atoms with Crippen LogP contribution in [-0.4, -0.2) is 14.9 Å². The van der Waals surface area contributed by atoms with Gasteiger partial charge in [-0.25, -0.2) is 9.07 Å². The lowest BCUT2D eigenvalue weighted by molar-refractivity contribution is 0.433. The van der Waals surface area contributed by atoms with Crippen molar-refractivity contribution in [3.05, 3.63) is 41.8 Å². The number of halogens is 1. The number of nitrogens with zero attached hydrogens (tertiary/aromatic N) is 2. The zero-order valence-electron chi connectivity index (χ0n) is 7.61. The lowest BCUT2D eigenvalue weighted by Crippen LogP contribution is -1.95. The molecule has 1 N–H and O–H groups in total. The second-order valence-corrected chi connectivity index (χ2v) is 3.03. The van der Waals surface area contributed by atoms with Gasteiger partial charge in [0, 0.05) is 6.07 Å². The first-order valence-electron chi connectivity index (χ1n) is 4.18. The third-order valence-electron chi connectivity index (χ3n) is 1.88. The lowest BCUT2D eigenvalue weighted by Gasteiger charge is -2.01. The molecule has 72 valence electrons. The minimum atomic E-state index is -0.308. The molecule has 0 fully saturated rings. The Hall–Kier alpha value is -1.84. The number of benzene rings is 1. The molecule has 0 saturated carbocycles. The van der Waals surface area contributed by atoms with Crippen molar-refractivity contribution < 1.29 is 9.50 Å². The Balaban J connectivity index is 2.49. The van der Waals surface area contributed by atoms with Crippen molar-refractivity contribution in [3.63, 3.8) is 0 Å². The van der Waals surface area contributed by atoms with E-state index in [0.29, 0.717) is 11.4 Å². The van der Waals surface area contributed by atoms with E-state index in [1.54, 1.807) is 25.1 Å². The van der Waals surface area contributed by atoms with Crippen LogP contribution in [0.5, 0.6) is 5.88 Å². The van der Waals surface area contributed by atoms with E-state index in [1.165, 1.54) is 16.8 Å². The molecule has 0 bridgehead atoms. The molecule has 0 amide bonds. The Morgan fingerprint density at radius 2 is 1.93 bits per heavy atom. The summed E-state index contributed by atoms with van der Waals surface area (Å²) in [7, 11) is 0. The van der Waals surface area contributed by atoms with E-state index in [-0.39, 0.29) is 11.7 Å².